The number of ether oxygens (including phenoxy) is 2. The van der Waals surface area contributed by atoms with Crippen LogP contribution in [0.4, 0.5) is 0 Å². The summed E-state index contributed by atoms with van der Waals surface area (Å²) in [4.78, 5) is 17.6. The second kappa shape index (κ2) is 8.68. The molecule has 0 unspecified atom stereocenters. The van der Waals surface area contributed by atoms with E-state index in [2.05, 4.69) is 10.3 Å². The Bertz CT molecular complexity index is 902. The minimum Gasteiger partial charge on any atom is -0.497 e. The molecule has 0 radical (unpaired) electrons. The smallest absolute Gasteiger partial charge is 0.263 e. The Morgan fingerprint density at radius 1 is 1.04 bits per heavy atom. The second-order valence-electron chi connectivity index (χ2n) is 6.08. The first kappa shape index (κ1) is 18.9. The van der Waals surface area contributed by atoms with E-state index in [9.17, 15) is 4.79 Å². The summed E-state index contributed by atoms with van der Waals surface area (Å²) in [6.07, 6.45) is 0. The maximum atomic E-state index is 12.5. The predicted octanol–water partition coefficient (Wildman–Crippen LogP) is 4.24. The quantitative estimate of drug-likeness (QED) is 0.621. The number of carbonyl (C=O) groups is 1. The molecule has 1 amide bonds. The minimum absolute atomic E-state index is 0.128. The lowest BCUT2D eigenvalue weighted by atomic mass is 10.2. The average Bonchev–Trinajstić information content (AvgIpc) is 3.08. The largest absolute Gasteiger partial charge is 0.497 e. The van der Waals surface area contributed by atoms with Crippen LogP contribution < -0.4 is 14.8 Å². The number of hydrogen-bond acceptors (Lipinski definition) is 5. The van der Waals surface area contributed by atoms with Gasteiger partial charge in [-0.3, -0.25) is 4.79 Å². The molecule has 0 aliphatic rings. The van der Waals surface area contributed by atoms with Crippen molar-refractivity contribution in [1.29, 1.82) is 0 Å². The lowest BCUT2D eigenvalue weighted by molar-refractivity contribution is 0.0950. The summed E-state index contributed by atoms with van der Waals surface area (Å²) in [5.74, 6) is 1.46. The van der Waals surface area contributed by atoms with Gasteiger partial charge in [0.1, 0.15) is 28.0 Å². The molecule has 27 heavy (non-hydrogen) atoms. The van der Waals surface area contributed by atoms with E-state index < -0.39 is 0 Å². The molecule has 6 heteroatoms. The van der Waals surface area contributed by atoms with Crippen molar-refractivity contribution in [2.24, 2.45) is 0 Å². The number of nitrogens with one attached hydrogen (secondary N) is 1. The molecule has 0 fully saturated rings. The van der Waals surface area contributed by atoms with Gasteiger partial charge < -0.3 is 14.8 Å². The average molecular weight is 382 g/mol. The summed E-state index contributed by atoms with van der Waals surface area (Å²) in [6, 6.07) is 15.5. The van der Waals surface area contributed by atoms with Crippen molar-refractivity contribution in [3.05, 3.63) is 64.7 Å². The molecule has 0 saturated heterocycles. The van der Waals surface area contributed by atoms with E-state index in [1.165, 1.54) is 16.9 Å². The SMILES string of the molecule is COc1ccc(-c2nc(C)c(C(=O)NCCOc3ccc(C)cc3)s2)cc1. The van der Waals surface area contributed by atoms with Gasteiger partial charge in [0.05, 0.1) is 19.3 Å². The molecule has 0 saturated carbocycles. The number of amides is 1. The molecule has 140 valence electrons. The van der Waals surface area contributed by atoms with Gasteiger partial charge in [-0.2, -0.15) is 0 Å². The first-order chi connectivity index (χ1) is 13.1. The lowest BCUT2D eigenvalue weighted by Gasteiger charge is -2.07. The Hall–Kier alpha value is -2.86. The molecule has 5 nitrogen and oxygen atoms in total. The molecule has 3 aromatic rings. The highest BCUT2D eigenvalue weighted by molar-refractivity contribution is 7.17. The summed E-state index contributed by atoms with van der Waals surface area (Å²) in [6.45, 7) is 4.72. The zero-order valence-electron chi connectivity index (χ0n) is 15.6. The monoisotopic (exact) mass is 382 g/mol. The van der Waals surface area contributed by atoms with Crippen molar-refractivity contribution < 1.29 is 14.3 Å². The Morgan fingerprint density at radius 2 is 1.70 bits per heavy atom. The predicted molar refractivity (Wildman–Crippen MR) is 108 cm³/mol. The number of carbonyl (C=O) groups excluding carboxylic acids is 1. The van der Waals surface area contributed by atoms with Crippen LogP contribution in [0.3, 0.4) is 0 Å². The Labute approximate surface area is 163 Å². The summed E-state index contributed by atoms with van der Waals surface area (Å²) >= 11 is 1.39. The van der Waals surface area contributed by atoms with E-state index in [0.29, 0.717) is 18.0 Å². The molecule has 1 heterocycles. The first-order valence-corrected chi connectivity index (χ1v) is 9.48. The van der Waals surface area contributed by atoms with Crippen LogP contribution in [0.5, 0.6) is 11.5 Å². The highest BCUT2D eigenvalue weighted by atomic mass is 32.1. The zero-order chi connectivity index (χ0) is 19.2. The zero-order valence-corrected chi connectivity index (χ0v) is 16.4. The number of methoxy groups -OCH3 is 1. The summed E-state index contributed by atoms with van der Waals surface area (Å²) < 4.78 is 10.8. The number of aromatic nitrogens is 1. The van der Waals surface area contributed by atoms with Crippen LogP contribution in [-0.4, -0.2) is 31.2 Å². The van der Waals surface area contributed by atoms with Gasteiger partial charge in [0.25, 0.3) is 5.91 Å². The van der Waals surface area contributed by atoms with Crippen molar-refractivity contribution in [2.45, 2.75) is 13.8 Å². The van der Waals surface area contributed by atoms with E-state index >= 15 is 0 Å². The molecule has 0 spiro atoms. The fourth-order valence-corrected chi connectivity index (χ4v) is 3.50. The normalized spacial score (nSPS) is 10.5. The van der Waals surface area contributed by atoms with E-state index in [1.54, 1.807) is 7.11 Å². The third-order valence-corrected chi connectivity index (χ3v) is 5.22. The molecular formula is C21H22N2O3S. The fraction of sp³-hybridized carbons (Fsp3) is 0.238. The maximum absolute atomic E-state index is 12.5. The van der Waals surface area contributed by atoms with Crippen LogP contribution in [-0.2, 0) is 0 Å². The Morgan fingerprint density at radius 3 is 2.37 bits per heavy atom. The van der Waals surface area contributed by atoms with Gasteiger partial charge in [0.15, 0.2) is 0 Å². The van der Waals surface area contributed by atoms with Crippen molar-refractivity contribution in [1.82, 2.24) is 10.3 Å². The van der Waals surface area contributed by atoms with Gasteiger partial charge in [-0.25, -0.2) is 4.98 Å². The lowest BCUT2D eigenvalue weighted by Crippen LogP contribution is -2.27. The van der Waals surface area contributed by atoms with Crippen LogP contribution in [0.2, 0.25) is 0 Å². The summed E-state index contributed by atoms with van der Waals surface area (Å²) in [5.41, 5.74) is 2.87. The molecule has 3 rings (SSSR count). The molecule has 2 aromatic carbocycles. The summed E-state index contributed by atoms with van der Waals surface area (Å²) in [7, 11) is 1.63. The van der Waals surface area contributed by atoms with E-state index in [1.807, 2.05) is 62.4 Å². The maximum Gasteiger partial charge on any atom is 0.263 e. The second-order valence-corrected chi connectivity index (χ2v) is 7.08. The van der Waals surface area contributed by atoms with Gasteiger partial charge in [-0.1, -0.05) is 17.7 Å². The van der Waals surface area contributed by atoms with E-state index in [4.69, 9.17) is 9.47 Å². The molecule has 0 aliphatic carbocycles. The third-order valence-electron chi connectivity index (χ3n) is 4.02. The number of hydrogen-bond donors (Lipinski definition) is 1. The van der Waals surface area contributed by atoms with Crippen molar-refractivity contribution in [3.8, 4) is 22.1 Å². The van der Waals surface area contributed by atoms with Crippen molar-refractivity contribution >= 4 is 17.2 Å². The number of nitrogens with zero attached hydrogens (tertiary/aromatic N) is 1. The highest BCUT2D eigenvalue weighted by Crippen LogP contribution is 2.29. The van der Waals surface area contributed by atoms with Gasteiger partial charge in [-0.05, 0) is 50.2 Å². The first-order valence-electron chi connectivity index (χ1n) is 8.66. The van der Waals surface area contributed by atoms with E-state index in [0.717, 1.165) is 27.8 Å². The van der Waals surface area contributed by atoms with Crippen LogP contribution in [0.1, 0.15) is 20.9 Å². The van der Waals surface area contributed by atoms with Gasteiger partial charge in [0, 0.05) is 5.56 Å². The highest BCUT2D eigenvalue weighted by Gasteiger charge is 2.16. The van der Waals surface area contributed by atoms with Crippen molar-refractivity contribution in [2.75, 3.05) is 20.3 Å². The van der Waals surface area contributed by atoms with Crippen LogP contribution in [0.25, 0.3) is 10.6 Å². The number of thiazole rings is 1. The summed E-state index contributed by atoms with van der Waals surface area (Å²) in [5, 5.41) is 3.71. The van der Waals surface area contributed by atoms with Gasteiger partial charge in [-0.15, -0.1) is 11.3 Å². The number of aryl methyl sites for hydroxylation is 2. The number of benzene rings is 2. The van der Waals surface area contributed by atoms with Crippen molar-refractivity contribution in [3.63, 3.8) is 0 Å². The Kier molecular flexibility index (Phi) is 6.08. The minimum atomic E-state index is -0.128. The topological polar surface area (TPSA) is 60.5 Å². The third kappa shape index (κ3) is 4.86. The number of rotatable bonds is 7. The molecular weight excluding hydrogens is 360 g/mol. The molecule has 1 aromatic heterocycles. The van der Waals surface area contributed by atoms with Gasteiger partial charge >= 0.3 is 0 Å². The van der Waals surface area contributed by atoms with Crippen LogP contribution >= 0.6 is 11.3 Å². The van der Waals surface area contributed by atoms with E-state index in [-0.39, 0.29) is 5.91 Å². The fourth-order valence-electron chi connectivity index (χ4n) is 2.51. The standard InChI is InChI=1S/C21H22N2O3S/c1-14-4-8-18(9-5-14)26-13-12-22-20(24)19-15(2)23-21(27-19)16-6-10-17(25-3)11-7-16/h4-11H,12-13H2,1-3H3,(H,22,24). The molecule has 0 atom stereocenters. The Balaban J connectivity index is 1.56. The molecule has 1 N–H and O–H groups in total. The molecule has 0 bridgehead atoms. The van der Waals surface area contributed by atoms with Crippen LogP contribution in [0.15, 0.2) is 48.5 Å². The van der Waals surface area contributed by atoms with Gasteiger partial charge in [0.2, 0.25) is 0 Å². The van der Waals surface area contributed by atoms with Crippen LogP contribution in [0, 0.1) is 13.8 Å². The molecule has 0 aliphatic heterocycles.